The summed E-state index contributed by atoms with van der Waals surface area (Å²) < 4.78 is 29.6. The van der Waals surface area contributed by atoms with Crippen molar-refractivity contribution < 1.29 is 17.9 Å². The number of carbonyl (C=O) groups excluding carboxylic acids is 1. The first-order chi connectivity index (χ1) is 15.9. The second-order valence-electron chi connectivity index (χ2n) is 8.45. The van der Waals surface area contributed by atoms with E-state index in [1.54, 1.807) is 12.0 Å². The van der Waals surface area contributed by atoms with E-state index in [1.165, 1.54) is 0 Å². The van der Waals surface area contributed by atoms with Crippen LogP contribution < -0.4 is 9.64 Å². The maximum atomic E-state index is 13.6. The van der Waals surface area contributed by atoms with Gasteiger partial charge in [0, 0.05) is 24.5 Å². The van der Waals surface area contributed by atoms with Crippen molar-refractivity contribution in [2.24, 2.45) is 0 Å². The lowest BCUT2D eigenvalue weighted by molar-refractivity contribution is -0.120. The van der Waals surface area contributed by atoms with Gasteiger partial charge in [0.25, 0.3) is 0 Å². The van der Waals surface area contributed by atoms with Gasteiger partial charge in [0.2, 0.25) is 5.91 Å². The number of carbonyl (C=O) groups is 1. The quantitative estimate of drug-likeness (QED) is 0.504. The van der Waals surface area contributed by atoms with Crippen LogP contribution in [0.3, 0.4) is 0 Å². The van der Waals surface area contributed by atoms with Crippen LogP contribution in [-0.2, 0) is 21.2 Å². The van der Waals surface area contributed by atoms with Crippen molar-refractivity contribution >= 4 is 32.2 Å². The molecule has 1 heterocycles. The number of benzene rings is 3. The molecule has 0 bridgehead atoms. The van der Waals surface area contributed by atoms with Gasteiger partial charge in [0.15, 0.2) is 9.84 Å². The zero-order chi connectivity index (χ0) is 23.4. The van der Waals surface area contributed by atoms with Gasteiger partial charge in [-0.1, -0.05) is 48.5 Å². The summed E-state index contributed by atoms with van der Waals surface area (Å²) in [6, 6.07) is 21.5. The van der Waals surface area contributed by atoms with E-state index in [2.05, 4.69) is 0 Å². The Hall–Kier alpha value is -2.90. The molecule has 0 saturated carbocycles. The lowest BCUT2D eigenvalue weighted by atomic mass is 10.1. The second kappa shape index (κ2) is 9.93. The molecule has 7 heteroatoms. The normalized spacial score (nSPS) is 17.4. The van der Waals surface area contributed by atoms with Gasteiger partial charge in [-0.15, -0.1) is 0 Å². The number of fused-ring (bicyclic) bond motifs is 1. The Balaban J connectivity index is 1.60. The van der Waals surface area contributed by atoms with E-state index >= 15 is 0 Å². The average Bonchev–Trinajstić information content (AvgIpc) is 3.19. The van der Waals surface area contributed by atoms with E-state index in [0.29, 0.717) is 19.5 Å². The molecule has 1 unspecified atom stereocenters. The number of nitrogens with zero attached hydrogens (tertiary/aromatic N) is 2. The topological polar surface area (TPSA) is 66.9 Å². The summed E-state index contributed by atoms with van der Waals surface area (Å²) in [5.41, 5.74) is 1.89. The number of anilines is 1. The third kappa shape index (κ3) is 5.37. The summed E-state index contributed by atoms with van der Waals surface area (Å²) in [6.07, 6.45) is 0.548. The monoisotopic (exact) mass is 466 g/mol. The number of rotatable bonds is 8. The van der Waals surface area contributed by atoms with Crippen molar-refractivity contribution in [3.8, 4) is 5.75 Å². The number of methoxy groups -OCH3 is 1. The van der Waals surface area contributed by atoms with Gasteiger partial charge in [-0.05, 0) is 42.5 Å². The molecule has 1 atom stereocenters. The van der Waals surface area contributed by atoms with Gasteiger partial charge >= 0.3 is 0 Å². The standard InChI is InChI=1S/C26H30N2O4S/c1-3-28(25-10-6-8-21-7-4-5-9-24(21)25)26(29)18-27(22-15-16-33(30,31)19-22)17-20-11-13-23(32-2)14-12-20/h4-14,22H,3,15-19H2,1-2H3. The Morgan fingerprint density at radius 2 is 1.76 bits per heavy atom. The zero-order valence-corrected chi connectivity index (χ0v) is 19.9. The van der Waals surface area contributed by atoms with Crippen LogP contribution in [0.5, 0.6) is 5.75 Å². The maximum absolute atomic E-state index is 13.6. The Labute approximate surface area is 195 Å². The first-order valence-electron chi connectivity index (χ1n) is 11.3. The van der Waals surface area contributed by atoms with Crippen molar-refractivity contribution in [2.75, 3.05) is 36.6 Å². The van der Waals surface area contributed by atoms with Crippen LogP contribution in [0.2, 0.25) is 0 Å². The number of amides is 1. The fraction of sp³-hybridized carbons (Fsp3) is 0.346. The summed E-state index contributed by atoms with van der Waals surface area (Å²) in [5, 5.41) is 2.11. The number of ether oxygens (including phenoxy) is 1. The van der Waals surface area contributed by atoms with Crippen molar-refractivity contribution in [1.29, 1.82) is 0 Å². The molecule has 6 nitrogen and oxygen atoms in total. The molecule has 0 aromatic heterocycles. The van der Waals surface area contributed by atoms with Gasteiger partial charge in [-0.25, -0.2) is 8.42 Å². The van der Waals surface area contributed by atoms with Gasteiger partial charge < -0.3 is 9.64 Å². The van der Waals surface area contributed by atoms with E-state index in [1.807, 2.05) is 78.6 Å². The minimum absolute atomic E-state index is 0.0355. The van der Waals surface area contributed by atoms with Crippen molar-refractivity contribution in [3.05, 3.63) is 72.3 Å². The van der Waals surface area contributed by atoms with Gasteiger partial charge in [0.05, 0.1) is 30.8 Å². The number of hydrogen-bond donors (Lipinski definition) is 0. The molecule has 3 aromatic rings. The smallest absolute Gasteiger partial charge is 0.241 e. The third-order valence-corrected chi connectivity index (χ3v) is 8.03. The molecule has 1 saturated heterocycles. The molecule has 4 rings (SSSR count). The Morgan fingerprint density at radius 1 is 1.03 bits per heavy atom. The highest BCUT2D eigenvalue weighted by atomic mass is 32.2. The molecule has 1 amide bonds. The number of likely N-dealkylation sites (N-methyl/N-ethyl adjacent to an activating group) is 1. The first-order valence-corrected chi connectivity index (χ1v) is 13.1. The zero-order valence-electron chi connectivity index (χ0n) is 19.1. The second-order valence-corrected chi connectivity index (χ2v) is 10.7. The minimum Gasteiger partial charge on any atom is -0.497 e. The highest BCUT2D eigenvalue weighted by molar-refractivity contribution is 7.91. The lowest BCUT2D eigenvalue weighted by Gasteiger charge is -2.31. The highest BCUT2D eigenvalue weighted by Gasteiger charge is 2.34. The van der Waals surface area contributed by atoms with E-state index in [4.69, 9.17) is 4.74 Å². The molecule has 0 aliphatic carbocycles. The Kier molecular flexibility index (Phi) is 7.00. The first kappa shape index (κ1) is 23.3. The average molecular weight is 467 g/mol. The fourth-order valence-corrected chi connectivity index (χ4v) is 6.29. The van der Waals surface area contributed by atoms with Crippen LogP contribution in [0, 0.1) is 0 Å². The summed E-state index contributed by atoms with van der Waals surface area (Å²) in [5.74, 6) is 0.993. The molecular formula is C26H30N2O4S. The third-order valence-electron chi connectivity index (χ3n) is 6.28. The van der Waals surface area contributed by atoms with Gasteiger partial charge in [0.1, 0.15) is 5.75 Å². The van der Waals surface area contributed by atoms with Crippen LogP contribution in [0.25, 0.3) is 10.8 Å². The molecular weight excluding hydrogens is 436 g/mol. The SMILES string of the molecule is CCN(C(=O)CN(Cc1ccc(OC)cc1)C1CCS(=O)(=O)C1)c1cccc2ccccc12. The summed E-state index contributed by atoms with van der Waals surface area (Å²) in [6.45, 7) is 3.16. The van der Waals surface area contributed by atoms with Crippen LogP contribution in [0.15, 0.2) is 66.7 Å². The summed E-state index contributed by atoms with van der Waals surface area (Å²) >= 11 is 0. The largest absolute Gasteiger partial charge is 0.497 e. The molecule has 0 spiro atoms. The van der Waals surface area contributed by atoms with Crippen LogP contribution in [0.4, 0.5) is 5.69 Å². The Bertz CT molecular complexity index is 1220. The summed E-state index contributed by atoms with van der Waals surface area (Å²) in [4.78, 5) is 17.4. The van der Waals surface area contributed by atoms with Crippen molar-refractivity contribution in [2.45, 2.75) is 25.9 Å². The molecule has 0 N–H and O–H groups in total. The molecule has 3 aromatic carbocycles. The van der Waals surface area contributed by atoms with Crippen molar-refractivity contribution in [3.63, 3.8) is 0 Å². The molecule has 0 radical (unpaired) electrons. The fourth-order valence-electron chi connectivity index (χ4n) is 4.53. The van der Waals surface area contributed by atoms with Crippen LogP contribution in [-0.4, -0.2) is 57.0 Å². The highest BCUT2D eigenvalue weighted by Crippen LogP contribution is 2.28. The maximum Gasteiger partial charge on any atom is 0.241 e. The predicted octanol–water partition coefficient (Wildman–Crippen LogP) is 3.89. The van der Waals surface area contributed by atoms with E-state index in [9.17, 15) is 13.2 Å². The van der Waals surface area contributed by atoms with Gasteiger partial charge in [-0.2, -0.15) is 0 Å². The summed E-state index contributed by atoms with van der Waals surface area (Å²) in [7, 11) is -1.45. The van der Waals surface area contributed by atoms with E-state index in [0.717, 1.165) is 27.8 Å². The minimum atomic E-state index is -3.07. The molecule has 1 aliphatic rings. The number of hydrogen-bond acceptors (Lipinski definition) is 5. The lowest BCUT2D eigenvalue weighted by Crippen LogP contribution is -2.45. The molecule has 174 valence electrons. The predicted molar refractivity (Wildman–Crippen MR) is 132 cm³/mol. The van der Waals surface area contributed by atoms with Crippen LogP contribution in [0.1, 0.15) is 18.9 Å². The molecule has 1 aliphatic heterocycles. The number of sulfone groups is 1. The molecule has 1 fully saturated rings. The Morgan fingerprint density at radius 3 is 2.42 bits per heavy atom. The van der Waals surface area contributed by atoms with E-state index in [-0.39, 0.29) is 30.0 Å². The van der Waals surface area contributed by atoms with Crippen molar-refractivity contribution in [1.82, 2.24) is 4.90 Å². The van der Waals surface area contributed by atoms with Gasteiger partial charge in [-0.3, -0.25) is 9.69 Å². The van der Waals surface area contributed by atoms with E-state index < -0.39 is 9.84 Å². The van der Waals surface area contributed by atoms with Crippen LogP contribution >= 0.6 is 0 Å². The molecule has 33 heavy (non-hydrogen) atoms.